The quantitative estimate of drug-likeness (QED) is 0.525. The Balaban J connectivity index is 2.01. The first kappa shape index (κ1) is 6.16. The van der Waals surface area contributed by atoms with Crippen LogP contribution in [-0.2, 0) is 0 Å². The molecule has 2 rings (SSSR count). The Labute approximate surface area is 61.1 Å². The molecule has 0 aromatic carbocycles. The van der Waals surface area contributed by atoms with E-state index in [1.54, 1.807) is 0 Å². The van der Waals surface area contributed by atoms with Crippen LogP contribution < -0.4 is 5.43 Å². The average Bonchev–Trinajstić information content (AvgIpc) is 2.05. The summed E-state index contributed by atoms with van der Waals surface area (Å²) in [6.45, 7) is 2.18. The molecule has 0 radical (unpaired) electrons. The van der Waals surface area contributed by atoms with Crippen molar-refractivity contribution in [2.45, 2.75) is 25.3 Å². The van der Waals surface area contributed by atoms with E-state index in [-0.39, 0.29) is 0 Å². The van der Waals surface area contributed by atoms with Crippen LogP contribution in [0.4, 0.5) is 0 Å². The summed E-state index contributed by atoms with van der Waals surface area (Å²) in [5, 5.41) is 2.30. The number of nitrogens with zero attached hydrogens (tertiary/aromatic N) is 2. The van der Waals surface area contributed by atoms with E-state index in [0.29, 0.717) is 6.04 Å². The van der Waals surface area contributed by atoms with Gasteiger partial charge >= 0.3 is 0 Å². The van der Waals surface area contributed by atoms with Gasteiger partial charge in [-0.1, -0.05) is 6.42 Å². The normalized spacial score (nSPS) is 33.0. The molecule has 0 aromatic heterocycles. The molecule has 2 heterocycles. The molecular weight excluding hydrogens is 126 g/mol. The van der Waals surface area contributed by atoms with Crippen LogP contribution in [0, 0.1) is 0 Å². The van der Waals surface area contributed by atoms with Crippen molar-refractivity contribution in [1.29, 1.82) is 0 Å². The van der Waals surface area contributed by atoms with Gasteiger partial charge in [-0.25, -0.2) is 5.01 Å². The number of hydrazine groups is 1. The zero-order valence-electron chi connectivity index (χ0n) is 6.08. The minimum absolute atomic E-state index is 0.679. The van der Waals surface area contributed by atoms with Gasteiger partial charge in [0.15, 0.2) is 0 Å². The van der Waals surface area contributed by atoms with Crippen LogP contribution in [0.15, 0.2) is 4.99 Å². The van der Waals surface area contributed by atoms with E-state index in [1.807, 2.05) is 6.34 Å². The van der Waals surface area contributed by atoms with Crippen molar-refractivity contribution in [3.05, 3.63) is 0 Å². The molecule has 56 valence electrons. The zero-order valence-corrected chi connectivity index (χ0v) is 6.08. The minimum Gasteiger partial charge on any atom is -0.309 e. The first-order chi connectivity index (χ1) is 4.97. The predicted octanol–water partition coefficient (Wildman–Crippen LogP) is 0.387. The van der Waals surface area contributed by atoms with Gasteiger partial charge in [0.25, 0.3) is 0 Å². The van der Waals surface area contributed by atoms with Gasteiger partial charge in [0, 0.05) is 12.6 Å². The Bertz CT molecular complexity index is 128. The maximum atomic E-state index is 4.18. The summed E-state index contributed by atoms with van der Waals surface area (Å²) in [6, 6.07) is 0.679. The van der Waals surface area contributed by atoms with E-state index in [1.165, 1.54) is 25.8 Å². The Kier molecular flexibility index (Phi) is 1.59. The zero-order chi connectivity index (χ0) is 6.81. The standard InChI is InChI=1S/C7H13N3/c1-2-4-10-7(3-1)5-8-6-9-10/h6-7H,1-5H2,(H,8,9). The fraction of sp³-hybridized carbons (Fsp3) is 0.857. The lowest BCUT2D eigenvalue weighted by atomic mass is 10.0. The van der Waals surface area contributed by atoms with E-state index in [0.717, 1.165) is 6.54 Å². The molecule has 3 nitrogen and oxygen atoms in total. The first-order valence-electron chi connectivity index (χ1n) is 3.98. The molecule has 0 amide bonds. The Morgan fingerprint density at radius 2 is 2.50 bits per heavy atom. The van der Waals surface area contributed by atoms with Crippen LogP contribution in [0.25, 0.3) is 0 Å². The van der Waals surface area contributed by atoms with E-state index in [4.69, 9.17) is 0 Å². The highest BCUT2D eigenvalue weighted by molar-refractivity contribution is 5.54. The van der Waals surface area contributed by atoms with E-state index >= 15 is 0 Å². The first-order valence-corrected chi connectivity index (χ1v) is 3.98. The lowest BCUT2D eigenvalue weighted by Crippen LogP contribution is -2.51. The molecule has 1 atom stereocenters. The van der Waals surface area contributed by atoms with Crippen LogP contribution in [0.5, 0.6) is 0 Å². The highest BCUT2D eigenvalue weighted by atomic mass is 15.5. The molecule has 1 N–H and O–H groups in total. The smallest absolute Gasteiger partial charge is 0.0968 e. The lowest BCUT2D eigenvalue weighted by Gasteiger charge is -2.36. The monoisotopic (exact) mass is 139 g/mol. The average molecular weight is 139 g/mol. The Morgan fingerprint density at radius 1 is 1.50 bits per heavy atom. The van der Waals surface area contributed by atoms with Gasteiger partial charge in [-0.3, -0.25) is 4.99 Å². The number of hydrogen-bond acceptors (Lipinski definition) is 3. The van der Waals surface area contributed by atoms with Crippen molar-refractivity contribution in [1.82, 2.24) is 10.4 Å². The summed E-state index contributed by atoms with van der Waals surface area (Å²) in [4.78, 5) is 4.18. The summed E-state index contributed by atoms with van der Waals surface area (Å²) in [7, 11) is 0. The summed E-state index contributed by atoms with van der Waals surface area (Å²) >= 11 is 0. The van der Waals surface area contributed by atoms with Crippen molar-refractivity contribution < 1.29 is 0 Å². The van der Waals surface area contributed by atoms with Crippen LogP contribution >= 0.6 is 0 Å². The summed E-state index contributed by atoms with van der Waals surface area (Å²) < 4.78 is 0. The number of nitrogens with one attached hydrogen (secondary N) is 1. The van der Waals surface area contributed by atoms with Gasteiger partial charge in [0.05, 0.1) is 12.9 Å². The predicted molar refractivity (Wildman–Crippen MR) is 40.8 cm³/mol. The highest BCUT2D eigenvalue weighted by Crippen LogP contribution is 2.15. The van der Waals surface area contributed by atoms with Gasteiger partial charge in [0.2, 0.25) is 0 Å². The number of hydrogen-bond donors (Lipinski definition) is 1. The molecule has 0 aromatic rings. The number of piperidine rings is 1. The van der Waals surface area contributed by atoms with Crippen LogP contribution in [0.1, 0.15) is 19.3 Å². The van der Waals surface area contributed by atoms with Crippen molar-refractivity contribution in [2.24, 2.45) is 4.99 Å². The molecule has 2 aliphatic heterocycles. The van der Waals surface area contributed by atoms with Crippen molar-refractivity contribution in [2.75, 3.05) is 13.1 Å². The fourth-order valence-electron chi connectivity index (χ4n) is 1.65. The molecule has 3 heteroatoms. The van der Waals surface area contributed by atoms with E-state index < -0.39 is 0 Å². The van der Waals surface area contributed by atoms with E-state index in [2.05, 4.69) is 15.4 Å². The third-order valence-electron chi connectivity index (χ3n) is 2.26. The molecule has 0 saturated carbocycles. The SMILES string of the molecule is C1=NCC2CCCCN2N1. The molecule has 1 fully saturated rings. The molecule has 10 heavy (non-hydrogen) atoms. The largest absolute Gasteiger partial charge is 0.309 e. The molecular formula is C7H13N3. The third kappa shape index (κ3) is 1.01. The minimum atomic E-state index is 0.679. The number of fused-ring (bicyclic) bond motifs is 1. The van der Waals surface area contributed by atoms with Gasteiger partial charge < -0.3 is 5.43 Å². The van der Waals surface area contributed by atoms with Crippen molar-refractivity contribution in [3.63, 3.8) is 0 Å². The second-order valence-corrected chi connectivity index (χ2v) is 2.97. The highest BCUT2D eigenvalue weighted by Gasteiger charge is 2.22. The topological polar surface area (TPSA) is 27.6 Å². The maximum Gasteiger partial charge on any atom is 0.0968 e. The Morgan fingerprint density at radius 3 is 3.40 bits per heavy atom. The van der Waals surface area contributed by atoms with Gasteiger partial charge in [-0.15, -0.1) is 0 Å². The van der Waals surface area contributed by atoms with Crippen LogP contribution in [-0.4, -0.2) is 30.5 Å². The van der Waals surface area contributed by atoms with Gasteiger partial charge in [0.1, 0.15) is 0 Å². The van der Waals surface area contributed by atoms with Crippen LogP contribution in [0.2, 0.25) is 0 Å². The lowest BCUT2D eigenvalue weighted by molar-refractivity contribution is 0.116. The fourth-order valence-corrected chi connectivity index (χ4v) is 1.65. The summed E-state index contributed by atoms with van der Waals surface area (Å²) in [5.41, 5.74) is 3.16. The Hall–Kier alpha value is -0.570. The van der Waals surface area contributed by atoms with Crippen LogP contribution in [0.3, 0.4) is 0 Å². The molecule has 0 aliphatic carbocycles. The summed E-state index contributed by atoms with van der Waals surface area (Å²) in [5.74, 6) is 0. The van der Waals surface area contributed by atoms with Gasteiger partial charge in [-0.05, 0) is 12.8 Å². The second kappa shape index (κ2) is 2.58. The molecule has 1 saturated heterocycles. The number of aliphatic imine (C=N–C) groups is 1. The summed E-state index contributed by atoms with van der Waals surface area (Å²) in [6.07, 6.45) is 5.82. The molecule has 0 spiro atoms. The van der Waals surface area contributed by atoms with Crippen molar-refractivity contribution in [3.8, 4) is 0 Å². The number of rotatable bonds is 0. The van der Waals surface area contributed by atoms with Crippen molar-refractivity contribution >= 4 is 6.34 Å². The second-order valence-electron chi connectivity index (χ2n) is 2.97. The van der Waals surface area contributed by atoms with Gasteiger partial charge in [-0.2, -0.15) is 0 Å². The third-order valence-corrected chi connectivity index (χ3v) is 2.26. The molecule has 2 aliphatic rings. The maximum absolute atomic E-state index is 4.18. The molecule has 0 bridgehead atoms. The molecule has 1 unspecified atom stereocenters. The van der Waals surface area contributed by atoms with E-state index in [9.17, 15) is 0 Å².